The van der Waals surface area contributed by atoms with E-state index in [9.17, 15) is 0 Å². The summed E-state index contributed by atoms with van der Waals surface area (Å²) in [7, 11) is 0. The summed E-state index contributed by atoms with van der Waals surface area (Å²) < 4.78 is 0. The third-order valence-electron chi connectivity index (χ3n) is 4.37. The second-order valence-electron chi connectivity index (χ2n) is 5.93. The Morgan fingerprint density at radius 3 is 2.55 bits per heavy atom. The number of hydrogen-bond donors (Lipinski definition) is 2. The van der Waals surface area contributed by atoms with Gasteiger partial charge in [0.15, 0.2) is 0 Å². The predicted octanol–water partition coefficient (Wildman–Crippen LogP) is 3.80. The Balaban J connectivity index is 1.77. The average Bonchev–Trinajstić information content (AvgIpc) is 2.98. The Labute approximate surface area is 130 Å². The molecule has 2 aromatic carbocycles. The number of nitrogens with two attached hydrogens (primary N) is 1. The lowest BCUT2D eigenvalue weighted by Gasteiger charge is -2.29. The highest BCUT2D eigenvalue weighted by atomic mass is 15.1. The van der Waals surface area contributed by atoms with Gasteiger partial charge in [0.05, 0.1) is 22.4 Å². The van der Waals surface area contributed by atoms with Crippen LogP contribution in [0, 0.1) is 0 Å². The second kappa shape index (κ2) is 5.37. The van der Waals surface area contributed by atoms with Crippen LogP contribution in [0.5, 0.6) is 0 Å². The number of aromatic amines is 1. The van der Waals surface area contributed by atoms with Crippen LogP contribution in [0.4, 0.5) is 11.4 Å². The van der Waals surface area contributed by atoms with Gasteiger partial charge in [-0.3, -0.25) is 0 Å². The van der Waals surface area contributed by atoms with Gasteiger partial charge in [0.1, 0.15) is 5.82 Å². The first kappa shape index (κ1) is 13.2. The smallest absolute Gasteiger partial charge is 0.138 e. The van der Waals surface area contributed by atoms with Gasteiger partial charge in [-0.05, 0) is 31.4 Å². The van der Waals surface area contributed by atoms with E-state index < -0.39 is 0 Å². The van der Waals surface area contributed by atoms with Gasteiger partial charge in [0.2, 0.25) is 0 Å². The molecule has 0 spiro atoms. The Morgan fingerprint density at radius 1 is 1.00 bits per heavy atom. The molecule has 112 valence electrons. The molecule has 22 heavy (non-hydrogen) atoms. The molecule has 1 fully saturated rings. The highest BCUT2D eigenvalue weighted by Crippen LogP contribution is 2.31. The van der Waals surface area contributed by atoms with Crippen molar-refractivity contribution in [1.82, 2.24) is 9.97 Å². The van der Waals surface area contributed by atoms with Gasteiger partial charge in [-0.1, -0.05) is 30.3 Å². The Morgan fingerprint density at radius 2 is 1.77 bits per heavy atom. The molecule has 0 aliphatic carbocycles. The molecule has 0 saturated carbocycles. The van der Waals surface area contributed by atoms with Crippen LogP contribution in [0.25, 0.3) is 22.4 Å². The molecule has 2 heterocycles. The lowest BCUT2D eigenvalue weighted by Crippen LogP contribution is -2.30. The van der Waals surface area contributed by atoms with Crippen LogP contribution in [0.2, 0.25) is 0 Å². The minimum Gasteiger partial charge on any atom is -0.397 e. The number of aromatic nitrogens is 2. The van der Waals surface area contributed by atoms with Crippen LogP contribution in [0.15, 0.2) is 42.5 Å². The second-order valence-corrected chi connectivity index (χ2v) is 5.93. The SMILES string of the molecule is Nc1cc2nc(-c3ccccc3)[nH]c2cc1N1CCCCC1. The van der Waals surface area contributed by atoms with Gasteiger partial charge in [-0.15, -0.1) is 0 Å². The summed E-state index contributed by atoms with van der Waals surface area (Å²) in [5.41, 5.74) is 11.3. The van der Waals surface area contributed by atoms with E-state index in [0.717, 1.165) is 46.9 Å². The monoisotopic (exact) mass is 292 g/mol. The minimum absolute atomic E-state index is 0.820. The Hall–Kier alpha value is -2.49. The van der Waals surface area contributed by atoms with Crippen molar-refractivity contribution in [3.63, 3.8) is 0 Å². The number of nitrogens with zero attached hydrogens (tertiary/aromatic N) is 2. The normalized spacial score (nSPS) is 15.4. The zero-order chi connectivity index (χ0) is 14.9. The van der Waals surface area contributed by atoms with Crippen LogP contribution in [0.3, 0.4) is 0 Å². The molecule has 4 nitrogen and oxygen atoms in total. The van der Waals surface area contributed by atoms with E-state index in [-0.39, 0.29) is 0 Å². The molecule has 1 saturated heterocycles. The van der Waals surface area contributed by atoms with E-state index in [4.69, 9.17) is 5.73 Å². The van der Waals surface area contributed by atoms with Crippen molar-refractivity contribution in [2.24, 2.45) is 0 Å². The van der Waals surface area contributed by atoms with Crippen LogP contribution < -0.4 is 10.6 Å². The maximum absolute atomic E-state index is 6.27. The summed E-state index contributed by atoms with van der Waals surface area (Å²) in [5, 5.41) is 0. The molecule has 0 atom stereocenters. The predicted molar refractivity (Wildman–Crippen MR) is 92.0 cm³/mol. The molecule has 3 N–H and O–H groups in total. The first-order valence-electron chi connectivity index (χ1n) is 7.91. The summed E-state index contributed by atoms with van der Waals surface area (Å²) in [5.74, 6) is 0.894. The molecule has 3 aromatic rings. The lowest BCUT2D eigenvalue weighted by molar-refractivity contribution is 0.578. The summed E-state index contributed by atoms with van der Waals surface area (Å²) in [4.78, 5) is 10.5. The fourth-order valence-electron chi connectivity index (χ4n) is 3.20. The third-order valence-corrected chi connectivity index (χ3v) is 4.37. The number of anilines is 2. The van der Waals surface area contributed by atoms with Gasteiger partial charge in [0, 0.05) is 18.7 Å². The number of nitrogens with one attached hydrogen (secondary N) is 1. The molecule has 1 aliphatic heterocycles. The number of hydrogen-bond acceptors (Lipinski definition) is 3. The van der Waals surface area contributed by atoms with E-state index in [1.54, 1.807) is 0 Å². The van der Waals surface area contributed by atoms with Crippen molar-refractivity contribution in [2.75, 3.05) is 23.7 Å². The highest BCUT2D eigenvalue weighted by molar-refractivity contribution is 5.89. The number of fused-ring (bicyclic) bond motifs is 1. The van der Waals surface area contributed by atoms with Crippen LogP contribution in [-0.2, 0) is 0 Å². The first-order valence-corrected chi connectivity index (χ1v) is 7.91. The summed E-state index contributed by atoms with van der Waals surface area (Å²) in [6.45, 7) is 2.19. The maximum atomic E-state index is 6.27. The van der Waals surface area contributed by atoms with E-state index in [2.05, 4.69) is 33.1 Å². The van der Waals surface area contributed by atoms with Crippen LogP contribution in [0.1, 0.15) is 19.3 Å². The third kappa shape index (κ3) is 2.30. The van der Waals surface area contributed by atoms with Gasteiger partial charge in [0.25, 0.3) is 0 Å². The molecular weight excluding hydrogens is 272 g/mol. The van der Waals surface area contributed by atoms with Crippen molar-refractivity contribution < 1.29 is 0 Å². The topological polar surface area (TPSA) is 57.9 Å². The number of imidazole rings is 1. The zero-order valence-corrected chi connectivity index (χ0v) is 12.5. The summed E-state index contributed by atoms with van der Waals surface area (Å²) in [6, 6.07) is 14.3. The van der Waals surface area contributed by atoms with Gasteiger partial charge < -0.3 is 15.6 Å². The average molecular weight is 292 g/mol. The number of nitrogen functional groups attached to an aromatic ring is 1. The lowest BCUT2D eigenvalue weighted by atomic mass is 10.1. The Kier molecular flexibility index (Phi) is 3.22. The van der Waals surface area contributed by atoms with Crippen molar-refractivity contribution in [3.8, 4) is 11.4 Å². The number of benzene rings is 2. The largest absolute Gasteiger partial charge is 0.397 e. The fraction of sp³-hybridized carbons (Fsp3) is 0.278. The van der Waals surface area contributed by atoms with Crippen molar-refractivity contribution in [3.05, 3.63) is 42.5 Å². The van der Waals surface area contributed by atoms with Crippen molar-refractivity contribution in [1.29, 1.82) is 0 Å². The molecule has 0 radical (unpaired) electrons. The number of piperidine rings is 1. The quantitative estimate of drug-likeness (QED) is 0.706. The molecular formula is C18H20N4. The van der Waals surface area contributed by atoms with E-state index in [0.29, 0.717) is 0 Å². The van der Waals surface area contributed by atoms with Crippen LogP contribution >= 0.6 is 0 Å². The highest BCUT2D eigenvalue weighted by Gasteiger charge is 2.15. The number of H-pyrrole nitrogens is 1. The first-order chi connectivity index (χ1) is 10.8. The summed E-state index contributed by atoms with van der Waals surface area (Å²) in [6.07, 6.45) is 3.81. The zero-order valence-electron chi connectivity index (χ0n) is 12.5. The van der Waals surface area contributed by atoms with Gasteiger partial charge in [-0.25, -0.2) is 4.98 Å². The summed E-state index contributed by atoms with van der Waals surface area (Å²) >= 11 is 0. The molecule has 1 aliphatic rings. The van der Waals surface area contributed by atoms with E-state index in [1.165, 1.54) is 19.3 Å². The minimum atomic E-state index is 0.820. The number of rotatable bonds is 2. The molecule has 4 rings (SSSR count). The fourth-order valence-corrected chi connectivity index (χ4v) is 3.20. The standard InChI is InChI=1S/C18H20N4/c19-14-11-15-16(12-17(14)22-9-5-2-6-10-22)21-18(20-15)13-7-3-1-4-8-13/h1,3-4,7-8,11-12H,2,5-6,9-10,19H2,(H,20,21). The van der Waals surface area contributed by atoms with Gasteiger partial charge in [-0.2, -0.15) is 0 Å². The Bertz CT molecular complexity index is 785. The van der Waals surface area contributed by atoms with Crippen molar-refractivity contribution in [2.45, 2.75) is 19.3 Å². The molecule has 4 heteroatoms. The maximum Gasteiger partial charge on any atom is 0.138 e. The van der Waals surface area contributed by atoms with Crippen molar-refractivity contribution >= 4 is 22.4 Å². The molecule has 0 unspecified atom stereocenters. The van der Waals surface area contributed by atoms with Crippen LogP contribution in [-0.4, -0.2) is 23.1 Å². The molecule has 1 aromatic heterocycles. The van der Waals surface area contributed by atoms with Gasteiger partial charge >= 0.3 is 0 Å². The molecule has 0 bridgehead atoms. The van der Waals surface area contributed by atoms with E-state index in [1.807, 2.05) is 24.3 Å². The van der Waals surface area contributed by atoms with E-state index >= 15 is 0 Å². The molecule has 0 amide bonds.